The average molecular weight is 469 g/mol. The number of hydrogen-bond donors (Lipinski definition) is 2. The first-order chi connectivity index (χ1) is 12.3. The van der Waals surface area contributed by atoms with Gasteiger partial charge in [-0.25, -0.2) is 4.98 Å². The lowest BCUT2D eigenvalue weighted by atomic mass is 10.2. The van der Waals surface area contributed by atoms with Crippen molar-refractivity contribution in [1.82, 2.24) is 25.4 Å². The maximum absolute atomic E-state index is 4.50. The van der Waals surface area contributed by atoms with Crippen molar-refractivity contribution >= 4 is 35.8 Å². The van der Waals surface area contributed by atoms with E-state index in [4.69, 9.17) is 0 Å². The fraction of sp³-hybridized carbons (Fsp3) is 0.500. The summed E-state index contributed by atoms with van der Waals surface area (Å²) >= 11 is 0. The van der Waals surface area contributed by atoms with Gasteiger partial charge in [-0.3, -0.25) is 9.67 Å². The number of nitrogens with one attached hydrogen (secondary N) is 2. The van der Waals surface area contributed by atoms with Gasteiger partial charge in [-0.05, 0) is 43.0 Å². The second kappa shape index (κ2) is 11.0. The molecular weight excluding hydrogens is 441 g/mol. The van der Waals surface area contributed by atoms with Crippen LogP contribution in [0.5, 0.6) is 0 Å². The summed E-state index contributed by atoms with van der Waals surface area (Å²) in [6.45, 7) is 4.73. The Balaban J connectivity index is 0.00000243. The molecule has 142 valence electrons. The number of guanidine groups is 1. The number of rotatable bonds is 7. The Morgan fingerprint density at radius 1 is 1.23 bits per heavy atom. The Morgan fingerprint density at radius 2 is 2.08 bits per heavy atom. The van der Waals surface area contributed by atoms with Gasteiger partial charge in [0.15, 0.2) is 5.96 Å². The highest BCUT2D eigenvalue weighted by molar-refractivity contribution is 14.0. The van der Waals surface area contributed by atoms with Gasteiger partial charge in [-0.1, -0.05) is 0 Å². The highest BCUT2D eigenvalue weighted by Crippen LogP contribution is 2.18. The molecule has 1 saturated heterocycles. The summed E-state index contributed by atoms with van der Waals surface area (Å²) in [4.78, 5) is 11.1. The number of halogens is 1. The van der Waals surface area contributed by atoms with Crippen LogP contribution in [0.1, 0.15) is 24.8 Å². The normalized spacial score (nSPS) is 14.2. The van der Waals surface area contributed by atoms with Gasteiger partial charge < -0.3 is 15.5 Å². The average Bonchev–Trinajstić information content (AvgIpc) is 3.35. The fourth-order valence-electron chi connectivity index (χ4n) is 2.98. The summed E-state index contributed by atoms with van der Waals surface area (Å²) in [6.07, 6.45) is 9.20. The Bertz CT molecular complexity index is 666. The van der Waals surface area contributed by atoms with Crippen LogP contribution in [-0.4, -0.2) is 47.4 Å². The number of anilines is 1. The SMILES string of the molecule is CN=C(NCCCn1cccn1)NCc1ccnc(N2CCCC2)c1.I. The number of aryl methyl sites for hydroxylation is 1. The van der Waals surface area contributed by atoms with Crippen LogP contribution < -0.4 is 15.5 Å². The molecule has 2 aromatic heterocycles. The predicted octanol–water partition coefficient (Wildman–Crippen LogP) is 2.25. The quantitative estimate of drug-likeness (QED) is 0.282. The lowest BCUT2D eigenvalue weighted by Gasteiger charge is -2.17. The van der Waals surface area contributed by atoms with E-state index in [9.17, 15) is 0 Å². The molecule has 7 nitrogen and oxygen atoms in total. The maximum atomic E-state index is 4.50. The third-order valence-corrected chi connectivity index (χ3v) is 4.34. The Hall–Kier alpha value is -1.84. The van der Waals surface area contributed by atoms with E-state index in [1.165, 1.54) is 18.4 Å². The van der Waals surface area contributed by atoms with Gasteiger partial charge in [-0.15, -0.1) is 24.0 Å². The largest absolute Gasteiger partial charge is 0.357 e. The first-order valence-electron chi connectivity index (χ1n) is 8.97. The van der Waals surface area contributed by atoms with Crippen LogP contribution in [0, 0.1) is 0 Å². The van der Waals surface area contributed by atoms with Crippen LogP contribution in [0.15, 0.2) is 41.8 Å². The first-order valence-corrected chi connectivity index (χ1v) is 8.97. The van der Waals surface area contributed by atoms with Crippen molar-refractivity contribution in [3.8, 4) is 0 Å². The van der Waals surface area contributed by atoms with E-state index >= 15 is 0 Å². The van der Waals surface area contributed by atoms with Crippen molar-refractivity contribution in [3.05, 3.63) is 42.4 Å². The van der Waals surface area contributed by atoms with E-state index in [1.807, 2.05) is 23.1 Å². The number of pyridine rings is 1. The van der Waals surface area contributed by atoms with Crippen LogP contribution >= 0.6 is 24.0 Å². The van der Waals surface area contributed by atoms with Gasteiger partial charge in [0.2, 0.25) is 0 Å². The molecule has 0 atom stereocenters. The summed E-state index contributed by atoms with van der Waals surface area (Å²) in [5, 5.41) is 10.9. The standard InChI is InChI=1S/C18H27N7.HI/c1-19-18(21-7-4-12-25-13-5-8-23-25)22-15-16-6-9-20-17(14-16)24-10-2-3-11-24;/h5-6,8-9,13-14H,2-4,7,10-12,15H2,1H3,(H2,19,21,22);1H. The summed E-state index contributed by atoms with van der Waals surface area (Å²) in [5.41, 5.74) is 1.22. The molecule has 2 N–H and O–H groups in total. The van der Waals surface area contributed by atoms with Crippen LogP contribution in [0.4, 0.5) is 5.82 Å². The van der Waals surface area contributed by atoms with Crippen molar-refractivity contribution in [1.29, 1.82) is 0 Å². The second-order valence-corrected chi connectivity index (χ2v) is 6.19. The van der Waals surface area contributed by atoms with Crippen molar-refractivity contribution in [2.75, 3.05) is 31.6 Å². The summed E-state index contributed by atoms with van der Waals surface area (Å²) in [6, 6.07) is 6.17. The molecule has 0 amide bonds. The molecule has 8 heteroatoms. The van der Waals surface area contributed by atoms with E-state index in [2.05, 4.69) is 42.7 Å². The van der Waals surface area contributed by atoms with Gasteiger partial charge in [0.25, 0.3) is 0 Å². The molecule has 3 rings (SSSR count). The fourth-order valence-corrected chi connectivity index (χ4v) is 2.98. The van der Waals surface area contributed by atoms with Gasteiger partial charge in [0.05, 0.1) is 0 Å². The van der Waals surface area contributed by atoms with Gasteiger partial charge in [-0.2, -0.15) is 5.10 Å². The maximum Gasteiger partial charge on any atom is 0.191 e. The highest BCUT2D eigenvalue weighted by atomic mass is 127. The van der Waals surface area contributed by atoms with Gasteiger partial charge in [0, 0.05) is 58.4 Å². The lowest BCUT2D eigenvalue weighted by Crippen LogP contribution is -2.37. The van der Waals surface area contributed by atoms with E-state index in [0.717, 1.165) is 50.9 Å². The van der Waals surface area contributed by atoms with Crippen LogP contribution in [-0.2, 0) is 13.1 Å². The third kappa shape index (κ3) is 6.15. The monoisotopic (exact) mass is 469 g/mol. The molecule has 0 radical (unpaired) electrons. The minimum absolute atomic E-state index is 0. The molecule has 0 bridgehead atoms. The molecule has 0 aromatic carbocycles. The molecule has 1 aliphatic rings. The van der Waals surface area contributed by atoms with E-state index in [-0.39, 0.29) is 24.0 Å². The Labute approximate surface area is 172 Å². The Kier molecular flexibility index (Phi) is 8.66. The van der Waals surface area contributed by atoms with Crippen LogP contribution in [0.2, 0.25) is 0 Å². The molecule has 3 heterocycles. The summed E-state index contributed by atoms with van der Waals surface area (Å²) in [7, 11) is 1.80. The van der Waals surface area contributed by atoms with E-state index < -0.39 is 0 Å². The van der Waals surface area contributed by atoms with Gasteiger partial charge in [0.1, 0.15) is 5.82 Å². The number of aliphatic imine (C=N–C) groups is 1. The molecule has 0 unspecified atom stereocenters. The molecule has 1 aliphatic heterocycles. The zero-order valence-corrected chi connectivity index (χ0v) is 17.6. The van der Waals surface area contributed by atoms with Crippen molar-refractivity contribution in [2.24, 2.45) is 4.99 Å². The predicted molar refractivity (Wildman–Crippen MR) is 116 cm³/mol. The van der Waals surface area contributed by atoms with Crippen molar-refractivity contribution < 1.29 is 0 Å². The molecule has 0 saturated carbocycles. The minimum atomic E-state index is 0. The zero-order chi connectivity index (χ0) is 17.3. The van der Waals surface area contributed by atoms with Crippen LogP contribution in [0.3, 0.4) is 0 Å². The van der Waals surface area contributed by atoms with Gasteiger partial charge >= 0.3 is 0 Å². The number of aromatic nitrogens is 3. The van der Waals surface area contributed by atoms with E-state index in [0.29, 0.717) is 0 Å². The molecule has 1 fully saturated rings. The molecule has 26 heavy (non-hydrogen) atoms. The molecule has 0 spiro atoms. The molecule has 2 aromatic rings. The molecule has 0 aliphatic carbocycles. The van der Waals surface area contributed by atoms with Crippen molar-refractivity contribution in [2.45, 2.75) is 32.4 Å². The summed E-state index contributed by atoms with van der Waals surface area (Å²) < 4.78 is 1.94. The first kappa shape index (κ1) is 20.5. The molecular formula is C18H28IN7. The third-order valence-electron chi connectivity index (χ3n) is 4.34. The highest BCUT2D eigenvalue weighted by Gasteiger charge is 2.13. The van der Waals surface area contributed by atoms with Crippen LogP contribution in [0.25, 0.3) is 0 Å². The van der Waals surface area contributed by atoms with E-state index in [1.54, 1.807) is 13.2 Å². The zero-order valence-electron chi connectivity index (χ0n) is 15.3. The second-order valence-electron chi connectivity index (χ2n) is 6.19. The number of hydrogen-bond acceptors (Lipinski definition) is 4. The minimum Gasteiger partial charge on any atom is -0.357 e. The number of nitrogens with zero attached hydrogens (tertiary/aromatic N) is 5. The van der Waals surface area contributed by atoms with Crippen molar-refractivity contribution in [3.63, 3.8) is 0 Å². The Morgan fingerprint density at radius 3 is 2.81 bits per heavy atom. The topological polar surface area (TPSA) is 70.4 Å². The lowest BCUT2D eigenvalue weighted by molar-refractivity contribution is 0.570. The summed E-state index contributed by atoms with van der Waals surface area (Å²) in [5.74, 6) is 1.90. The smallest absolute Gasteiger partial charge is 0.191 e.